The van der Waals surface area contributed by atoms with Gasteiger partial charge in [-0.2, -0.15) is 9.35 Å². The highest BCUT2D eigenvalue weighted by Crippen LogP contribution is 2.36. The third-order valence-electron chi connectivity index (χ3n) is 0.643. The van der Waals surface area contributed by atoms with Crippen molar-refractivity contribution in [3.05, 3.63) is 0 Å². The molecule has 10 heteroatoms. The molecule has 15 heavy (non-hydrogen) atoms. The topological polar surface area (TPSA) is 57.2 Å². The highest BCUT2D eigenvalue weighted by Gasteiger charge is 2.04. The molecule has 0 aromatic heterocycles. The van der Waals surface area contributed by atoms with Crippen LogP contribution in [0.15, 0.2) is 0 Å². The number of rotatable bonds is 8. The summed E-state index contributed by atoms with van der Waals surface area (Å²) in [5.41, 5.74) is 0. The minimum absolute atomic E-state index is 1.23. The Bertz CT molecular complexity index is 103. The number of thiol groups is 1. The Hall–Kier alpha value is 1.63. The average Bonchev–Trinajstić information content (AvgIpc) is 2.20. The summed E-state index contributed by atoms with van der Waals surface area (Å²) < 4.78 is 8.11. The first-order valence-electron chi connectivity index (χ1n) is 3.73. The van der Waals surface area contributed by atoms with Crippen molar-refractivity contribution in [2.45, 2.75) is 13.3 Å². The monoisotopic (exact) mass is 314 g/mol. The molecule has 0 fully saturated rings. The molecule has 94 valence electrons. The van der Waals surface area contributed by atoms with Crippen molar-refractivity contribution in [3.63, 3.8) is 0 Å². The molecular weight excluding hydrogens is 299 g/mol. The molecule has 0 atom stereocenters. The average molecular weight is 314 g/mol. The maximum atomic E-state index is 8.42. The second kappa shape index (κ2) is 18.0. The Morgan fingerprint density at radius 1 is 1.27 bits per heavy atom. The third-order valence-corrected chi connectivity index (χ3v) is 5.96. The van der Waals surface area contributed by atoms with Gasteiger partial charge in [-0.3, -0.25) is 0 Å². The molecule has 0 heterocycles. The van der Waals surface area contributed by atoms with Gasteiger partial charge in [0.05, 0.1) is 14.2 Å². The van der Waals surface area contributed by atoms with Crippen LogP contribution in [0.3, 0.4) is 0 Å². The predicted molar refractivity (Wildman–Crippen MR) is 72.2 cm³/mol. The van der Waals surface area contributed by atoms with E-state index in [0.29, 0.717) is 0 Å². The minimum Gasteiger partial charge on any atom is -0.325 e. The normalized spacial score (nSPS) is 10.0. The predicted octanol–water partition coefficient (Wildman–Crippen LogP) is 3.63. The Morgan fingerprint density at radius 2 is 1.80 bits per heavy atom. The summed E-state index contributed by atoms with van der Waals surface area (Å²) in [6.45, 7) is 2.18. The lowest BCUT2D eigenvalue weighted by Gasteiger charge is -2.02. The lowest BCUT2D eigenvalue weighted by Crippen LogP contribution is -1.86. The van der Waals surface area contributed by atoms with Crippen LogP contribution in [0.4, 0.5) is 0 Å². The van der Waals surface area contributed by atoms with E-state index in [0.717, 1.165) is 0 Å². The molecule has 0 aromatic carbocycles. The minimum atomic E-state index is -2.03. The first kappa shape index (κ1) is 19.0. The Balaban J connectivity index is 0. The summed E-state index contributed by atoms with van der Waals surface area (Å²) in [6, 6.07) is 0. The van der Waals surface area contributed by atoms with E-state index < -0.39 is 8.60 Å². The summed E-state index contributed by atoms with van der Waals surface area (Å²) in [6.07, 6.45) is 1.26. The van der Waals surface area contributed by atoms with Crippen LogP contribution in [0, 0.1) is 0 Å². The van der Waals surface area contributed by atoms with Crippen molar-refractivity contribution >= 4 is 50.7 Å². The summed E-state index contributed by atoms with van der Waals surface area (Å²) in [7, 11) is 5.59. The summed E-state index contributed by atoms with van der Waals surface area (Å²) in [4.78, 5) is 16.5. The van der Waals surface area contributed by atoms with Crippen LogP contribution in [0.5, 0.6) is 0 Å². The van der Waals surface area contributed by atoms with E-state index in [1.807, 2.05) is 10.8 Å². The maximum Gasteiger partial charge on any atom is 0.389 e. The van der Waals surface area contributed by atoms with Crippen LogP contribution in [0.2, 0.25) is 0 Å². The van der Waals surface area contributed by atoms with E-state index in [9.17, 15) is 0 Å². The SMILES string of the molecule is CCCSSSS.COOP(O)OOC. The molecule has 0 saturated heterocycles. The molecule has 1 N–H and O–H groups in total. The van der Waals surface area contributed by atoms with Gasteiger partial charge in [-0.05, 0) is 26.1 Å². The lowest BCUT2D eigenvalue weighted by molar-refractivity contribution is -0.242. The smallest absolute Gasteiger partial charge is 0.325 e. The molecule has 0 spiro atoms. The Kier molecular flexibility index (Phi) is 22.8. The van der Waals surface area contributed by atoms with Gasteiger partial charge in [0, 0.05) is 5.75 Å². The van der Waals surface area contributed by atoms with Crippen molar-refractivity contribution in [1.82, 2.24) is 0 Å². The molecule has 0 aliphatic heterocycles. The fourth-order valence-electron chi connectivity index (χ4n) is 0.279. The van der Waals surface area contributed by atoms with Gasteiger partial charge in [0.15, 0.2) is 0 Å². The lowest BCUT2D eigenvalue weighted by atomic mass is 10.6. The van der Waals surface area contributed by atoms with Gasteiger partial charge in [-0.25, -0.2) is 9.78 Å². The highest BCUT2D eigenvalue weighted by molar-refractivity contribution is 9.23. The molecule has 0 amide bonds. The van der Waals surface area contributed by atoms with E-state index in [4.69, 9.17) is 4.89 Å². The van der Waals surface area contributed by atoms with Crippen LogP contribution in [0.25, 0.3) is 0 Å². The molecule has 0 unspecified atom stereocenters. The number of hydrogen-bond acceptors (Lipinski definition) is 9. The van der Waals surface area contributed by atoms with Gasteiger partial charge < -0.3 is 4.89 Å². The first-order chi connectivity index (χ1) is 7.22. The fourth-order valence-corrected chi connectivity index (χ4v) is 3.83. The van der Waals surface area contributed by atoms with Gasteiger partial charge in [0.2, 0.25) is 0 Å². The van der Waals surface area contributed by atoms with Crippen molar-refractivity contribution in [1.29, 1.82) is 0 Å². The van der Waals surface area contributed by atoms with E-state index >= 15 is 0 Å². The van der Waals surface area contributed by atoms with Crippen LogP contribution in [0.1, 0.15) is 13.3 Å². The second-order valence-corrected chi connectivity index (χ2v) is 7.52. The third kappa shape index (κ3) is 21.5. The Labute approximate surface area is 108 Å². The first-order valence-corrected chi connectivity index (χ1v) is 9.56. The molecule has 0 saturated carbocycles. The van der Waals surface area contributed by atoms with E-state index in [2.05, 4.69) is 37.7 Å². The van der Waals surface area contributed by atoms with Crippen molar-refractivity contribution in [2.24, 2.45) is 0 Å². The van der Waals surface area contributed by atoms with Crippen molar-refractivity contribution < 1.29 is 24.0 Å². The molecule has 5 nitrogen and oxygen atoms in total. The summed E-state index contributed by atoms with van der Waals surface area (Å²) in [5, 5.41) is 0. The van der Waals surface area contributed by atoms with E-state index in [1.165, 1.54) is 36.2 Å². The van der Waals surface area contributed by atoms with Gasteiger partial charge in [-0.15, -0.1) is 0 Å². The zero-order chi connectivity index (χ0) is 11.9. The van der Waals surface area contributed by atoms with E-state index in [1.54, 1.807) is 9.83 Å². The van der Waals surface area contributed by atoms with Crippen molar-refractivity contribution in [3.8, 4) is 0 Å². The van der Waals surface area contributed by atoms with Crippen LogP contribution in [-0.4, -0.2) is 24.9 Å². The number of hydrogen-bond donors (Lipinski definition) is 2. The zero-order valence-electron chi connectivity index (χ0n) is 8.61. The highest BCUT2D eigenvalue weighted by atomic mass is 33.7. The Morgan fingerprint density at radius 3 is 2.13 bits per heavy atom. The molecule has 0 bridgehead atoms. The molecule has 0 radical (unpaired) electrons. The molecule has 0 aliphatic rings. The molecule has 0 rings (SSSR count). The maximum absolute atomic E-state index is 8.42. The largest absolute Gasteiger partial charge is 0.389 e. The fraction of sp³-hybridized carbons (Fsp3) is 1.00. The van der Waals surface area contributed by atoms with Crippen molar-refractivity contribution in [2.75, 3.05) is 20.0 Å². The van der Waals surface area contributed by atoms with Crippen LogP contribution in [-0.2, 0) is 19.1 Å². The second-order valence-electron chi connectivity index (χ2n) is 1.68. The van der Waals surface area contributed by atoms with Crippen LogP contribution < -0.4 is 0 Å². The van der Waals surface area contributed by atoms with Crippen LogP contribution >= 0.6 is 50.7 Å². The zero-order valence-corrected chi connectivity index (χ0v) is 12.9. The standard InChI is InChI=1S/C3H8S4.C2H7O5P/c1-2-3-5-7-6-4;1-4-6-8(3)7-5-2/h4H,2-3H2,1H3;3H,1-2H3. The molecular formula is C5H15O5PS4. The van der Waals surface area contributed by atoms with Gasteiger partial charge in [-0.1, -0.05) is 29.4 Å². The summed E-state index contributed by atoms with van der Waals surface area (Å²) >= 11 is 3.95. The molecule has 0 aromatic rings. The van der Waals surface area contributed by atoms with Gasteiger partial charge >= 0.3 is 8.60 Å². The quantitative estimate of drug-likeness (QED) is 0.176. The summed E-state index contributed by atoms with van der Waals surface area (Å²) in [5.74, 6) is 1.23. The molecule has 0 aliphatic carbocycles. The van der Waals surface area contributed by atoms with Gasteiger partial charge in [0.25, 0.3) is 0 Å². The van der Waals surface area contributed by atoms with E-state index in [-0.39, 0.29) is 0 Å². The van der Waals surface area contributed by atoms with Gasteiger partial charge in [0.1, 0.15) is 0 Å².